The van der Waals surface area contributed by atoms with Gasteiger partial charge >= 0.3 is 0 Å². The number of nitrogens with zero attached hydrogens (tertiary/aromatic N) is 1. The quantitative estimate of drug-likeness (QED) is 0.690. The summed E-state index contributed by atoms with van der Waals surface area (Å²) in [7, 11) is 0. The molecule has 0 N–H and O–H groups in total. The van der Waals surface area contributed by atoms with Crippen molar-refractivity contribution in [3.8, 4) is 6.07 Å². The first kappa shape index (κ1) is 14.5. The Morgan fingerprint density at radius 2 is 1.88 bits per heavy atom. The molecule has 1 nitrogen and oxygen atoms in total. The molecule has 0 aliphatic rings. The minimum absolute atomic E-state index is 0.723. The standard InChI is InChI=1S/C14H19NS2/c1-4-16-13-6-5-7-14(12(13)10-15)17-9-8-11(2)3/h5-7,11H,4,8-9H2,1-3H3. The zero-order valence-corrected chi connectivity index (χ0v) is 12.3. The highest BCUT2D eigenvalue weighted by Gasteiger charge is 2.08. The van der Waals surface area contributed by atoms with E-state index in [-0.39, 0.29) is 0 Å². The van der Waals surface area contributed by atoms with Crippen LogP contribution in [0.25, 0.3) is 0 Å². The summed E-state index contributed by atoms with van der Waals surface area (Å²) in [4.78, 5) is 2.25. The predicted octanol–water partition coefficient (Wildman–Crippen LogP) is 4.81. The summed E-state index contributed by atoms with van der Waals surface area (Å²) >= 11 is 3.55. The van der Waals surface area contributed by atoms with E-state index in [1.54, 1.807) is 23.5 Å². The normalized spacial score (nSPS) is 10.5. The third kappa shape index (κ3) is 4.65. The van der Waals surface area contributed by atoms with Crippen LogP contribution in [0.15, 0.2) is 28.0 Å². The van der Waals surface area contributed by atoms with E-state index in [9.17, 15) is 5.26 Å². The van der Waals surface area contributed by atoms with Gasteiger partial charge in [-0.3, -0.25) is 0 Å². The second-order valence-corrected chi connectivity index (χ2v) is 6.65. The second-order valence-electron chi connectivity index (χ2n) is 4.21. The van der Waals surface area contributed by atoms with Crippen molar-refractivity contribution in [3.63, 3.8) is 0 Å². The monoisotopic (exact) mass is 265 g/mol. The Morgan fingerprint density at radius 3 is 2.41 bits per heavy atom. The SMILES string of the molecule is CCSc1cccc(SCCC(C)C)c1C#N. The topological polar surface area (TPSA) is 23.8 Å². The molecule has 0 unspecified atom stereocenters. The van der Waals surface area contributed by atoms with Crippen LogP contribution in [0.1, 0.15) is 32.8 Å². The molecule has 0 spiro atoms. The highest BCUT2D eigenvalue weighted by molar-refractivity contribution is 8.00. The van der Waals surface area contributed by atoms with Crippen LogP contribution in [0, 0.1) is 17.2 Å². The number of benzene rings is 1. The van der Waals surface area contributed by atoms with Gasteiger partial charge in [-0.25, -0.2) is 0 Å². The molecule has 0 aromatic heterocycles. The van der Waals surface area contributed by atoms with E-state index in [4.69, 9.17) is 0 Å². The zero-order valence-electron chi connectivity index (χ0n) is 10.7. The molecule has 0 bridgehead atoms. The van der Waals surface area contributed by atoms with Crippen molar-refractivity contribution in [1.82, 2.24) is 0 Å². The molecule has 17 heavy (non-hydrogen) atoms. The lowest BCUT2D eigenvalue weighted by atomic mass is 10.2. The Bertz CT molecular complexity index is 394. The molecule has 0 aliphatic carbocycles. The van der Waals surface area contributed by atoms with Gasteiger partial charge in [0.1, 0.15) is 6.07 Å². The van der Waals surface area contributed by atoms with Crippen LogP contribution in [0.2, 0.25) is 0 Å². The Morgan fingerprint density at radius 1 is 1.24 bits per heavy atom. The molecule has 0 saturated heterocycles. The van der Waals surface area contributed by atoms with Crippen LogP contribution in [-0.2, 0) is 0 Å². The average Bonchev–Trinajstić information content (AvgIpc) is 2.29. The number of hydrogen-bond donors (Lipinski definition) is 0. The van der Waals surface area contributed by atoms with Crippen molar-refractivity contribution < 1.29 is 0 Å². The van der Waals surface area contributed by atoms with Crippen molar-refractivity contribution >= 4 is 23.5 Å². The van der Waals surface area contributed by atoms with E-state index >= 15 is 0 Å². The highest BCUT2D eigenvalue weighted by atomic mass is 32.2. The second kappa shape index (κ2) is 7.68. The third-order valence-corrected chi connectivity index (χ3v) is 4.38. The van der Waals surface area contributed by atoms with Crippen molar-refractivity contribution in [2.75, 3.05) is 11.5 Å². The van der Waals surface area contributed by atoms with Gasteiger partial charge in [0.15, 0.2) is 0 Å². The van der Waals surface area contributed by atoms with E-state index in [0.29, 0.717) is 0 Å². The molecule has 0 atom stereocenters. The van der Waals surface area contributed by atoms with Crippen LogP contribution in [-0.4, -0.2) is 11.5 Å². The van der Waals surface area contributed by atoms with Crippen LogP contribution in [0.4, 0.5) is 0 Å². The van der Waals surface area contributed by atoms with Crippen LogP contribution in [0.3, 0.4) is 0 Å². The first-order chi connectivity index (χ1) is 8.19. The number of thioether (sulfide) groups is 2. The fourth-order valence-corrected chi connectivity index (χ4v) is 3.56. The summed E-state index contributed by atoms with van der Waals surface area (Å²) in [6.07, 6.45) is 1.20. The number of nitriles is 1. The smallest absolute Gasteiger partial charge is 0.101 e. The number of rotatable bonds is 6. The van der Waals surface area contributed by atoms with E-state index in [0.717, 1.165) is 32.8 Å². The summed E-state index contributed by atoms with van der Waals surface area (Å²) in [5.41, 5.74) is 0.855. The summed E-state index contributed by atoms with van der Waals surface area (Å²) < 4.78 is 0. The molecular formula is C14H19NS2. The fraction of sp³-hybridized carbons (Fsp3) is 0.500. The Hall–Kier alpha value is -0.590. The van der Waals surface area contributed by atoms with Crippen molar-refractivity contribution in [1.29, 1.82) is 5.26 Å². The lowest BCUT2D eigenvalue weighted by Crippen LogP contribution is -1.91. The van der Waals surface area contributed by atoms with Crippen LogP contribution in [0.5, 0.6) is 0 Å². The van der Waals surface area contributed by atoms with Crippen LogP contribution >= 0.6 is 23.5 Å². The summed E-state index contributed by atoms with van der Waals surface area (Å²) in [5, 5.41) is 9.26. The molecule has 0 saturated carbocycles. The van der Waals surface area contributed by atoms with Gasteiger partial charge in [0.2, 0.25) is 0 Å². The maximum atomic E-state index is 9.26. The molecule has 0 fully saturated rings. The summed E-state index contributed by atoms with van der Waals surface area (Å²) in [5.74, 6) is 2.82. The van der Waals surface area contributed by atoms with Gasteiger partial charge in [-0.1, -0.05) is 26.8 Å². The first-order valence-electron chi connectivity index (χ1n) is 5.97. The Kier molecular flexibility index (Phi) is 6.54. The van der Waals surface area contributed by atoms with Gasteiger partial charge in [0, 0.05) is 9.79 Å². The minimum atomic E-state index is 0.723. The maximum Gasteiger partial charge on any atom is 0.101 e. The van der Waals surface area contributed by atoms with Gasteiger partial charge in [-0.15, -0.1) is 23.5 Å². The molecule has 0 amide bonds. The van der Waals surface area contributed by atoms with Crippen molar-refractivity contribution in [2.45, 2.75) is 37.0 Å². The van der Waals surface area contributed by atoms with Crippen molar-refractivity contribution in [3.05, 3.63) is 23.8 Å². The molecule has 1 aromatic carbocycles. The summed E-state index contributed by atoms with van der Waals surface area (Å²) in [6, 6.07) is 8.50. The lowest BCUT2D eigenvalue weighted by Gasteiger charge is -2.09. The molecular weight excluding hydrogens is 246 g/mol. The van der Waals surface area contributed by atoms with Gasteiger partial charge in [0.05, 0.1) is 5.56 Å². The average molecular weight is 265 g/mol. The van der Waals surface area contributed by atoms with E-state index in [2.05, 4.69) is 39.0 Å². The molecule has 92 valence electrons. The lowest BCUT2D eigenvalue weighted by molar-refractivity contribution is 0.632. The minimum Gasteiger partial charge on any atom is -0.192 e. The van der Waals surface area contributed by atoms with E-state index < -0.39 is 0 Å². The number of hydrogen-bond acceptors (Lipinski definition) is 3. The maximum absolute atomic E-state index is 9.26. The van der Waals surface area contributed by atoms with E-state index in [1.165, 1.54) is 6.42 Å². The largest absolute Gasteiger partial charge is 0.192 e. The molecule has 3 heteroatoms. The van der Waals surface area contributed by atoms with E-state index in [1.807, 2.05) is 6.07 Å². The van der Waals surface area contributed by atoms with Crippen molar-refractivity contribution in [2.24, 2.45) is 5.92 Å². The third-order valence-electron chi connectivity index (χ3n) is 2.35. The molecule has 1 rings (SSSR count). The first-order valence-corrected chi connectivity index (χ1v) is 7.94. The highest BCUT2D eigenvalue weighted by Crippen LogP contribution is 2.31. The fourth-order valence-electron chi connectivity index (χ4n) is 1.42. The molecule has 0 aliphatic heterocycles. The predicted molar refractivity (Wildman–Crippen MR) is 77.7 cm³/mol. The van der Waals surface area contributed by atoms with Gasteiger partial charge in [0.25, 0.3) is 0 Å². The Labute approximate surface area is 113 Å². The Balaban J connectivity index is 2.77. The molecule has 1 aromatic rings. The summed E-state index contributed by atoms with van der Waals surface area (Å²) in [6.45, 7) is 6.58. The molecule has 0 heterocycles. The van der Waals surface area contributed by atoms with Crippen LogP contribution < -0.4 is 0 Å². The van der Waals surface area contributed by atoms with Gasteiger partial charge in [-0.05, 0) is 36.0 Å². The van der Waals surface area contributed by atoms with Gasteiger partial charge < -0.3 is 0 Å². The zero-order chi connectivity index (χ0) is 12.7. The molecule has 0 radical (unpaired) electrons. The van der Waals surface area contributed by atoms with Gasteiger partial charge in [-0.2, -0.15) is 5.26 Å².